The maximum atomic E-state index is 11.9. The molecule has 2 atom stereocenters. The number of esters is 2. The number of aromatic hydroxyl groups is 2. The molecule has 0 aliphatic carbocycles. The number of ether oxygens (including phenoxy) is 2. The highest BCUT2D eigenvalue weighted by molar-refractivity contribution is 5.85. The van der Waals surface area contributed by atoms with Crippen molar-refractivity contribution in [2.45, 2.75) is 38.8 Å². The number of carbonyl (C=O) groups excluding carboxylic acids is 4. The third-order valence-corrected chi connectivity index (χ3v) is 4.65. The number of carboxylic acid groups (broad SMARTS) is 1. The zero-order valence-corrected chi connectivity index (χ0v) is 20.6. The number of hydrogen-bond donors (Lipinski definition) is 5. The number of hydrogen-bond acceptors (Lipinski definition) is 9. The van der Waals surface area contributed by atoms with Gasteiger partial charge in [0.2, 0.25) is 11.8 Å². The van der Waals surface area contributed by atoms with Crippen LogP contribution in [0.1, 0.15) is 25.0 Å². The highest BCUT2D eigenvalue weighted by Gasteiger charge is 2.22. The van der Waals surface area contributed by atoms with Gasteiger partial charge in [0.15, 0.2) is 6.61 Å². The molecule has 12 heteroatoms. The van der Waals surface area contributed by atoms with Crippen molar-refractivity contribution in [2.75, 3.05) is 13.7 Å². The predicted molar refractivity (Wildman–Crippen MR) is 129 cm³/mol. The average molecular weight is 519 g/mol. The Balaban J connectivity index is 0.000000384. The summed E-state index contributed by atoms with van der Waals surface area (Å²) in [5.74, 6) is -3.06. The highest BCUT2D eigenvalue weighted by atomic mass is 16.6. The number of phenolic OH excluding ortho intramolecular Hbond substituents is 2. The van der Waals surface area contributed by atoms with Gasteiger partial charge in [-0.2, -0.15) is 0 Å². The first-order valence-corrected chi connectivity index (χ1v) is 11.0. The summed E-state index contributed by atoms with van der Waals surface area (Å²) in [6.45, 7) is 2.03. The van der Waals surface area contributed by atoms with Gasteiger partial charge >= 0.3 is 17.9 Å². The summed E-state index contributed by atoms with van der Waals surface area (Å²) in [4.78, 5) is 55.6. The van der Waals surface area contributed by atoms with Crippen LogP contribution in [0.2, 0.25) is 0 Å². The van der Waals surface area contributed by atoms with Crippen molar-refractivity contribution in [3.05, 3.63) is 59.7 Å². The van der Waals surface area contributed by atoms with E-state index in [0.717, 1.165) is 11.1 Å². The summed E-state index contributed by atoms with van der Waals surface area (Å²) in [6.07, 6.45) is 0.370. The summed E-state index contributed by atoms with van der Waals surface area (Å²) in [6, 6.07) is 10.5. The van der Waals surface area contributed by atoms with E-state index in [2.05, 4.69) is 15.4 Å². The van der Waals surface area contributed by atoms with Gasteiger partial charge in [0.05, 0.1) is 7.11 Å². The van der Waals surface area contributed by atoms with Gasteiger partial charge in [-0.3, -0.25) is 9.59 Å². The minimum absolute atomic E-state index is 0.100. The lowest BCUT2D eigenvalue weighted by molar-refractivity contribution is -0.158. The molecule has 2 unspecified atom stereocenters. The fraction of sp³-hybridized carbons (Fsp3) is 0.320. The monoisotopic (exact) mass is 518 g/mol. The molecule has 37 heavy (non-hydrogen) atoms. The molecule has 0 bridgehead atoms. The normalized spacial score (nSPS) is 11.5. The first kappa shape index (κ1) is 30.4. The third kappa shape index (κ3) is 12.6. The van der Waals surface area contributed by atoms with Crippen LogP contribution in [0.25, 0.3) is 0 Å². The summed E-state index contributed by atoms with van der Waals surface area (Å²) in [5.41, 5.74) is 1.46. The van der Waals surface area contributed by atoms with E-state index in [-0.39, 0.29) is 30.2 Å². The van der Waals surface area contributed by atoms with E-state index in [4.69, 9.17) is 14.9 Å². The molecule has 2 aromatic carbocycles. The van der Waals surface area contributed by atoms with Crippen molar-refractivity contribution in [3.8, 4) is 11.5 Å². The van der Waals surface area contributed by atoms with Gasteiger partial charge in [-0.25, -0.2) is 14.4 Å². The van der Waals surface area contributed by atoms with Gasteiger partial charge in [0.1, 0.15) is 23.6 Å². The summed E-state index contributed by atoms with van der Waals surface area (Å²) in [5, 5.41) is 31.9. The number of aliphatic carboxylic acids is 1. The second kappa shape index (κ2) is 15.4. The molecule has 2 amide bonds. The molecular formula is C25H30N2O10. The van der Waals surface area contributed by atoms with Crippen LogP contribution in [0.4, 0.5) is 0 Å². The Morgan fingerprint density at radius 3 is 1.54 bits per heavy atom. The molecule has 2 aromatic rings. The van der Waals surface area contributed by atoms with Crippen LogP contribution < -0.4 is 10.6 Å². The lowest BCUT2D eigenvalue weighted by Gasteiger charge is -2.16. The van der Waals surface area contributed by atoms with Crippen LogP contribution in [0.5, 0.6) is 11.5 Å². The average Bonchev–Trinajstić information content (AvgIpc) is 2.84. The van der Waals surface area contributed by atoms with E-state index in [0.29, 0.717) is 0 Å². The van der Waals surface area contributed by atoms with Crippen molar-refractivity contribution < 1.29 is 48.8 Å². The molecular weight excluding hydrogens is 488 g/mol. The smallest absolute Gasteiger partial charge is 0.344 e. The van der Waals surface area contributed by atoms with E-state index >= 15 is 0 Å². The summed E-state index contributed by atoms with van der Waals surface area (Å²) >= 11 is 0. The fourth-order valence-corrected chi connectivity index (χ4v) is 2.91. The number of carboxylic acids is 1. The van der Waals surface area contributed by atoms with Crippen LogP contribution in [-0.4, -0.2) is 70.8 Å². The Morgan fingerprint density at radius 2 is 1.16 bits per heavy atom. The number of amides is 2. The molecule has 0 saturated heterocycles. The van der Waals surface area contributed by atoms with E-state index in [1.807, 2.05) is 0 Å². The summed E-state index contributed by atoms with van der Waals surface area (Å²) in [7, 11) is 1.18. The van der Waals surface area contributed by atoms with Crippen LogP contribution >= 0.6 is 0 Å². The number of benzene rings is 2. The first-order chi connectivity index (χ1) is 17.4. The zero-order chi connectivity index (χ0) is 28.0. The van der Waals surface area contributed by atoms with Gasteiger partial charge in [-0.1, -0.05) is 24.3 Å². The van der Waals surface area contributed by atoms with Gasteiger partial charge < -0.3 is 35.4 Å². The molecule has 0 heterocycles. The zero-order valence-electron chi connectivity index (χ0n) is 20.6. The fourth-order valence-electron chi connectivity index (χ4n) is 2.91. The van der Waals surface area contributed by atoms with Crippen molar-refractivity contribution >= 4 is 29.7 Å². The Hall–Kier alpha value is -4.61. The SMILES string of the molecule is CC(=O)NC(Cc1ccc(O)cc1)C(=O)O.COC(=O)COC(=O)C(Cc1ccc(O)cc1)NC(C)=O. The standard InChI is InChI=1S/C14H17NO6.C11H13NO4/c1-9(16)15-12(14(19)21-8-13(18)20-2)7-10-3-5-11(17)6-4-10;1-7(13)12-10(11(15)16)6-8-2-4-9(14)5-3-8/h3-6,12,17H,7-8H2,1-2H3,(H,15,16);2-5,10,14H,6H2,1H3,(H,12,13)(H,15,16). The maximum Gasteiger partial charge on any atom is 0.344 e. The highest BCUT2D eigenvalue weighted by Crippen LogP contribution is 2.12. The van der Waals surface area contributed by atoms with Crippen molar-refractivity contribution in [1.82, 2.24) is 10.6 Å². The molecule has 200 valence electrons. The van der Waals surface area contributed by atoms with E-state index in [1.54, 1.807) is 24.3 Å². The number of nitrogens with one attached hydrogen (secondary N) is 2. The minimum atomic E-state index is -1.08. The predicted octanol–water partition coefficient (Wildman–Crippen LogP) is 0.680. The van der Waals surface area contributed by atoms with Crippen molar-refractivity contribution in [3.63, 3.8) is 0 Å². The van der Waals surface area contributed by atoms with Gasteiger partial charge in [0, 0.05) is 26.7 Å². The van der Waals surface area contributed by atoms with E-state index < -0.39 is 42.5 Å². The number of phenols is 2. The molecule has 0 radical (unpaired) electrons. The maximum absolute atomic E-state index is 11.9. The molecule has 0 fully saturated rings. The minimum Gasteiger partial charge on any atom is -0.508 e. The second-order valence-corrected chi connectivity index (χ2v) is 7.77. The Labute approximate surface area is 213 Å². The molecule has 0 spiro atoms. The van der Waals surface area contributed by atoms with Crippen LogP contribution in [0.15, 0.2) is 48.5 Å². The summed E-state index contributed by atoms with van der Waals surface area (Å²) < 4.78 is 9.14. The van der Waals surface area contributed by atoms with E-state index in [1.165, 1.54) is 45.2 Å². The largest absolute Gasteiger partial charge is 0.508 e. The Morgan fingerprint density at radius 1 is 0.757 bits per heavy atom. The number of carbonyl (C=O) groups is 5. The first-order valence-electron chi connectivity index (χ1n) is 11.0. The number of methoxy groups -OCH3 is 1. The number of rotatable bonds is 10. The molecule has 0 aromatic heterocycles. The van der Waals surface area contributed by atoms with Crippen LogP contribution in [-0.2, 0) is 46.3 Å². The molecule has 0 aliphatic rings. The topological polar surface area (TPSA) is 189 Å². The quantitative estimate of drug-likeness (QED) is 0.280. The van der Waals surface area contributed by atoms with Gasteiger partial charge in [0.25, 0.3) is 0 Å². The van der Waals surface area contributed by atoms with Gasteiger partial charge in [-0.05, 0) is 35.4 Å². The molecule has 12 nitrogen and oxygen atoms in total. The second-order valence-electron chi connectivity index (χ2n) is 7.77. The van der Waals surface area contributed by atoms with Crippen molar-refractivity contribution in [2.24, 2.45) is 0 Å². The lowest BCUT2D eigenvalue weighted by atomic mass is 10.1. The van der Waals surface area contributed by atoms with E-state index in [9.17, 15) is 29.1 Å². The molecule has 2 rings (SSSR count). The Bertz CT molecular complexity index is 1070. The van der Waals surface area contributed by atoms with Gasteiger partial charge in [-0.15, -0.1) is 0 Å². The third-order valence-electron chi connectivity index (χ3n) is 4.65. The molecule has 5 N–H and O–H groups in total. The molecule has 0 saturated carbocycles. The lowest BCUT2D eigenvalue weighted by Crippen LogP contribution is -2.42. The van der Waals surface area contributed by atoms with Crippen LogP contribution in [0, 0.1) is 0 Å². The van der Waals surface area contributed by atoms with Crippen molar-refractivity contribution in [1.29, 1.82) is 0 Å². The van der Waals surface area contributed by atoms with Crippen LogP contribution in [0.3, 0.4) is 0 Å². The molecule has 0 aliphatic heterocycles. The Kier molecular flexibility index (Phi) is 12.7.